The van der Waals surface area contributed by atoms with Crippen LogP contribution in [-0.4, -0.2) is 57.5 Å². The SMILES string of the molecule is COCCn1nc(C(=O)N2CCC[C@H](c3nc(C)no3)C2)ccc1=O. The lowest BCUT2D eigenvalue weighted by Gasteiger charge is -2.30. The molecule has 1 saturated heterocycles. The minimum atomic E-state index is -0.258. The highest BCUT2D eigenvalue weighted by Crippen LogP contribution is 2.26. The Morgan fingerprint density at radius 1 is 1.44 bits per heavy atom. The van der Waals surface area contributed by atoms with Crippen molar-refractivity contribution in [3.8, 4) is 0 Å². The van der Waals surface area contributed by atoms with Crippen LogP contribution < -0.4 is 5.56 Å². The van der Waals surface area contributed by atoms with E-state index in [0.29, 0.717) is 38.0 Å². The molecule has 1 fully saturated rings. The summed E-state index contributed by atoms with van der Waals surface area (Å²) >= 11 is 0. The van der Waals surface area contributed by atoms with E-state index in [1.54, 1.807) is 18.9 Å². The topological polar surface area (TPSA) is 103 Å². The van der Waals surface area contributed by atoms with E-state index >= 15 is 0 Å². The maximum absolute atomic E-state index is 12.8. The third-order valence-corrected chi connectivity index (χ3v) is 4.19. The zero-order valence-electron chi connectivity index (χ0n) is 14.3. The maximum atomic E-state index is 12.8. The summed E-state index contributed by atoms with van der Waals surface area (Å²) < 4.78 is 11.5. The monoisotopic (exact) mass is 347 g/mol. The number of rotatable bonds is 5. The number of methoxy groups -OCH3 is 1. The number of ether oxygens (including phenoxy) is 1. The van der Waals surface area contributed by atoms with Gasteiger partial charge in [-0.2, -0.15) is 10.1 Å². The molecule has 0 N–H and O–H groups in total. The lowest BCUT2D eigenvalue weighted by Crippen LogP contribution is -2.40. The number of aryl methyl sites for hydroxylation is 1. The van der Waals surface area contributed by atoms with Crippen molar-refractivity contribution in [1.82, 2.24) is 24.8 Å². The number of hydrogen-bond acceptors (Lipinski definition) is 7. The first-order chi connectivity index (χ1) is 12.1. The molecule has 2 aromatic rings. The molecule has 9 heteroatoms. The molecule has 0 radical (unpaired) electrons. The third kappa shape index (κ3) is 3.93. The number of aromatic nitrogens is 4. The quantitative estimate of drug-likeness (QED) is 0.780. The second-order valence-electron chi connectivity index (χ2n) is 6.04. The first-order valence-corrected chi connectivity index (χ1v) is 8.25. The number of carbonyl (C=O) groups is 1. The van der Waals surface area contributed by atoms with Crippen molar-refractivity contribution in [1.29, 1.82) is 0 Å². The molecule has 0 aromatic carbocycles. The third-order valence-electron chi connectivity index (χ3n) is 4.19. The lowest BCUT2D eigenvalue weighted by molar-refractivity contribution is 0.0686. The van der Waals surface area contributed by atoms with Crippen molar-refractivity contribution in [2.24, 2.45) is 0 Å². The summed E-state index contributed by atoms with van der Waals surface area (Å²) in [5, 5.41) is 7.99. The summed E-state index contributed by atoms with van der Waals surface area (Å²) in [6.07, 6.45) is 1.74. The highest BCUT2D eigenvalue weighted by molar-refractivity contribution is 5.92. The van der Waals surface area contributed by atoms with Gasteiger partial charge in [0, 0.05) is 26.3 Å². The van der Waals surface area contributed by atoms with Gasteiger partial charge in [0.05, 0.1) is 19.1 Å². The van der Waals surface area contributed by atoms with Crippen molar-refractivity contribution < 1.29 is 14.1 Å². The van der Waals surface area contributed by atoms with Gasteiger partial charge in [-0.15, -0.1) is 0 Å². The van der Waals surface area contributed by atoms with Crippen LogP contribution in [0.5, 0.6) is 0 Å². The number of carbonyl (C=O) groups excluding carboxylic acids is 1. The van der Waals surface area contributed by atoms with Gasteiger partial charge < -0.3 is 14.2 Å². The molecule has 3 rings (SSSR count). The van der Waals surface area contributed by atoms with Crippen LogP contribution in [0.15, 0.2) is 21.5 Å². The van der Waals surface area contributed by atoms with E-state index in [-0.39, 0.29) is 23.1 Å². The van der Waals surface area contributed by atoms with Crippen LogP contribution >= 0.6 is 0 Å². The van der Waals surface area contributed by atoms with Crippen molar-refractivity contribution >= 4 is 5.91 Å². The Morgan fingerprint density at radius 3 is 3.00 bits per heavy atom. The average molecular weight is 347 g/mol. The Balaban J connectivity index is 1.75. The molecule has 0 aliphatic carbocycles. The molecule has 0 bridgehead atoms. The fraction of sp³-hybridized carbons (Fsp3) is 0.562. The highest BCUT2D eigenvalue weighted by atomic mass is 16.5. The van der Waals surface area contributed by atoms with Gasteiger partial charge in [-0.3, -0.25) is 9.59 Å². The van der Waals surface area contributed by atoms with Gasteiger partial charge in [0.15, 0.2) is 5.82 Å². The molecule has 2 aromatic heterocycles. The highest BCUT2D eigenvalue weighted by Gasteiger charge is 2.29. The first kappa shape index (κ1) is 17.3. The normalized spacial score (nSPS) is 17.7. The van der Waals surface area contributed by atoms with Gasteiger partial charge in [-0.05, 0) is 25.8 Å². The van der Waals surface area contributed by atoms with Gasteiger partial charge in [0.2, 0.25) is 5.89 Å². The molecule has 1 atom stereocenters. The van der Waals surface area contributed by atoms with E-state index in [0.717, 1.165) is 12.8 Å². The van der Waals surface area contributed by atoms with Crippen molar-refractivity contribution in [3.05, 3.63) is 39.9 Å². The standard InChI is InChI=1S/C16H21N5O4/c1-11-17-15(25-19-11)12-4-3-7-20(10-12)16(23)13-5-6-14(22)21(18-13)8-9-24-2/h5-6,12H,3-4,7-10H2,1-2H3/t12-/m0/s1. The summed E-state index contributed by atoms with van der Waals surface area (Å²) in [7, 11) is 1.55. The molecule has 1 aliphatic rings. The molecule has 9 nitrogen and oxygen atoms in total. The maximum Gasteiger partial charge on any atom is 0.274 e. The summed E-state index contributed by atoms with van der Waals surface area (Å²) in [5.74, 6) is 0.976. The van der Waals surface area contributed by atoms with E-state index in [9.17, 15) is 9.59 Å². The number of likely N-dealkylation sites (tertiary alicyclic amines) is 1. The Hall–Kier alpha value is -2.55. The van der Waals surface area contributed by atoms with E-state index in [1.807, 2.05) is 0 Å². The predicted octanol–water partition coefficient (Wildman–Crippen LogP) is 0.601. The smallest absolute Gasteiger partial charge is 0.274 e. The molecule has 0 spiro atoms. The second-order valence-corrected chi connectivity index (χ2v) is 6.04. The molecular weight excluding hydrogens is 326 g/mol. The van der Waals surface area contributed by atoms with Gasteiger partial charge in [0.1, 0.15) is 5.69 Å². The van der Waals surface area contributed by atoms with Crippen molar-refractivity contribution in [2.45, 2.75) is 32.2 Å². The molecular formula is C16H21N5O4. The summed E-state index contributed by atoms with van der Waals surface area (Å²) in [4.78, 5) is 30.6. The molecule has 25 heavy (non-hydrogen) atoms. The van der Waals surface area contributed by atoms with E-state index in [4.69, 9.17) is 9.26 Å². The van der Waals surface area contributed by atoms with Crippen molar-refractivity contribution in [3.63, 3.8) is 0 Å². The van der Waals surface area contributed by atoms with Gasteiger partial charge in [0.25, 0.3) is 11.5 Å². The zero-order valence-corrected chi connectivity index (χ0v) is 14.3. The van der Waals surface area contributed by atoms with Crippen LogP contribution in [0.4, 0.5) is 0 Å². The summed E-state index contributed by atoms with van der Waals surface area (Å²) in [6, 6.07) is 2.83. The molecule has 0 unspecified atom stereocenters. The number of hydrogen-bond donors (Lipinski definition) is 0. The largest absolute Gasteiger partial charge is 0.383 e. The fourth-order valence-electron chi connectivity index (χ4n) is 2.91. The lowest BCUT2D eigenvalue weighted by atomic mass is 9.97. The molecule has 3 heterocycles. The minimum Gasteiger partial charge on any atom is -0.383 e. The van der Waals surface area contributed by atoms with E-state index < -0.39 is 0 Å². The van der Waals surface area contributed by atoms with Gasteiger partial charge in [-0.25, -0.2) is 4.68 Å². The molecule has 0 saturated carbocycles. The number of nitrogens with zero attached hydrogens (tertiary/aromatic N) is 5. The Morgan fingerprint density at radius 2 is 2.28 bits per heavy atom. The molecule has 1 aliphatic heterocycles. The van der Waals surface area contributed by atoms with Crippen LogP contribution in [0.25, 0.3) is 0 Å². The van der Waals surface area contributed by atoms with Crippen LogP contribution in [0, 0.1) is 6.92 Å². The number of piperidine rings is 1. The predicted molar refractivity (Wildman–Crippen MR) is 87.3 cm³/mol. The van der Waals surface area contributed by atoms with Crippen LogP contribution in [0.3, 0.4) is 0 Å². The molecule has 1 amide bonds. The van der Waals surface area contributed by atoms with Gasteiger partial charge in [-0.1, -0.05) is 5.16 Å². The fourth-order valence-corrected chi connectivity index (χ4v) is 2.91. The van der Waals surface area contributed by atoms with E-state index in [1.165, 1.54) is 16.8 Å². The second kappa shape index (κ2) is 7.56. The number of amides is 1. The van der Waals surface area contributed by atoms with Crippen LogP contribution in [-0.2, 0) is 11.3 Å². The van der Waals surface area contributed by atoms with E-state index in [2.05, 4.69) is 15.2 Å². The average Bonchev–Trinajstić information content (AvgIpc) is 3.07. The zero-order chi connectivity index (χ0) is 17.8. The molecule has 134 valence electrons. The minimum absolute atomic E-state index is 0.0262. The summed E-state index contributed by atoms with van der Waals surface area (Å²) in [6.45, 7) is 3.57. The first-order valence-electron chi connectivity index (χ1n) is 8.25. The van der Waals surface area contributed by atoms with Gasteiger partial charge >= 0.3 is 0 Å². The van der Waals surface area contributed by atoms with Crippen molar-refractivity contribution in [2.75, 3.05) is 26.8 Å². The van der Waals surface area contributed by atoms with Crippen LogP contribution in [0.2, 0.25) is 0 Å². The van der Waals surface area contributed by atoms with Crippen LogP contribution in [0.1, 0.15) is 41.0 Å². The summed E-state index contributed by atoms with van der Waals surface area (Å²) in [5.41, 5.74) is -0.00971. The Kier molecular flexibility index (Phi) is 5.22. The Bertz CT molecular complexity index is 800. The Labute approximate surface area is 144 Å².